The molecule has 0 radical (unpaired) electrons. The number of nitro benzene ring substituents is 1. The van der Waals surface area contributed by atoms with Gasteiger partial charge in [0, 0.05) is 11.8 Å². The molecule has 1 N–H and O–H groups in total. The Morgan fingerprint density at radius 2 is 2.07 bits per heavy atom. The highest BCUT2D eigenvalue weighted by Crippen LogP contribution is 2.34. The van der Waals surface area contributed by atoms with E-state index < -0.39 is 28.9 Å². The van der Waals surface area contributed by atoms with E-state index in [2.05, 4.69) is 10.3 Å². The Bertz CT molecular complexity index is 835. The van der Waals surface area contributed by atoms with E-state index in [1.165, 1.54) is 18.6 Å². The van der Waals surface area contributed by atoms with Crippen molar-refractivity contribution in [2.45, 2.75) is 51.5 Å². The average Bonchev–Trinajstić information content (AvgIpc) is 2.72. The summed E-state index contributed by atoms with van der Waals surface area (Å²) >= 11 is 5.91. The van der Waals surface area contributed by atoms with Crippen molar-refractivity contribution in [3.63, 3.8) is 0 Å². The van der Waals surface area contributed by atoms with Crippen LogP contribution >= 0.6 is 11.6 Å². The number of aliphatic imine (C=N–C) groups is 1. The number of benzene rings is 1. The molecule has 1 fully saturated rings. The van der Waals surface area contributed by atoms with Crippen LogP contribution in [0.25, 0.3) is 0 Å². The van der Waals surface area contributed by atoms with Crippen molar-refractivity contribution < 1.29 is 19.2 Å². The Kier molecular flexibility index (Phi) is 6.84. The molecule has 2 unspecified atom stereocenters. The second-order valence-corrected chi connectivity index (χ2v) is 7.87. The van der Waals surface area contributed by atoms with Crippen LogP contribution in [0.15, 0.2) is 23.2 Å². The molecule has 9 heteroatoms. The quantitative estimate of drug-likeness (QED) is 0.409. The van der Waals surface area contributed by atoms with E-state index in [0.29, 0.717) is 30.2 Å². The fourth-order valence-corrected chi connectivity index (χ4v) is 4.18. The molecule has 1 aromatic rings. The van der Waals surface area contributed by atoms with Crippen LogP contribution in [0.3, 0.4) is 0 Å². The smallest absolute Gasteiger partial charge is 0.341 e. The summed E-state index contributed by atoms with van der Waals surface area (Å²) in [6.45, 7) is 2.15. The van der Waals surface area contributed by atoms with E-state index in [0.717, 1.165) is 25.7 Å². The number of carbonyl (C=O) groups is 2. The zero-order chi connectivity index (χ0) is 21.0. The molecule has 0 saturated heterocycles. The van der Waals surface area contributed by atoms with Gasteiger partial charge in [0.2, 0.25) is 0 Å². The van der Waals surface area contributed by atoms with Crippen molar-refractivity contribution in [1.29, 1.82) is 0 Å². The maximum absolute atomic E-state index is 13.0. The first-order valence-corrected chi connectivity index (χ1v) is 10.3. The molecule has 1 heterocycles. The molecule has 1 aliphatic carbocycles. The van der Waals surface area contributed by atoms with Crippen molar-refractivity contribution in [3.8, 4) is 0 Å². The lowest BCUT2D eigenvalue weighted by atomic mass is 9.86. The molecular weight excluding hydrogens is 398 g/mol. The van der Waals surface area contributed by atoms with Crippen LogP contribution in [0.4, 0.5) is 10.5 Å². The molecule has 29 heavy (non-hydrogen) atoms. The molecular formula is C20H24ClN3O5. The molecule has 1 saturated carbocycles. The summed E-state index contributed by atoms with van der Waals surface area (Å²) < 4.78 is 5.61. The zero-order valence-corrected chi connectivity index (χ0v) is 17.0. The highest BCUT2D eigenvalue weighted by atomic mass is 35.5. The first-order chi connectivity index (χ1) is 13.9. The first-order valence-electron chi connectivity index (χ1n) is 9.89. The third kappa shape index (κ3) is 4.93. The number of nitrogens with one attached hydrogen (secondary N) is 1. The number of esters is 1. The molecule has 0 bridgehead atoms. The number of halogens is 1. The fourth-order valence-electron chi connectivity index (χ4n) is 3.99. The lowest BCUT2D eigenvalue weighted by Gasteiger charge is -2.31. The SMILES string of the molecule is CCC1=NC(=O)NC(c2ccc(Cl)c([N+](=O)[O-])c2)C1C(=O)OCC1CCCCC1. The first kappa shape index (κ1) is 21.2. The fraction of sp³-hybridized carbons (Fsp3) is 0.550. The third-order valence-electron chi connectivity index (χ3n) is 5.54. The Labute approximate surface area is 173 Å². The van der Waals surface area contributed by atoms with E-state index in [-0.39, 0.29) is 10.7 Å². The molecule has 2 aliphatic rings. The van der Waals surface area contributed by atoms with Crippen LogP contribution in [0.1, 0.15) is 57.1 Å². The van der Waals surface area contributed by atoms with E-state index in [1.54, 1.807) is 13.0 Å². The second-order valence-electron chi connectivity index (χ2n) is 7.46. The largest absolute Gasteiger partial charge is 0.465 e. The normalized spacial score (nSPS) is 22.6. The molecule has 1 aliphatic heterocycles. The molecule has 2 atom stereocenters. The number of urea groups is 1. The summed E-state index contributed by atoms with van der Waals surface area (Å²) in [5.74, 6) is -0.955. The number of hydrogen-bond donors (Lipinski definition) is 1. The van der Waals surface area contributed by atoms with Crippen molar-refractivity contribution >= 4 is 35.0 Å². The number of ether oxygens (including phenoxy) is 1. The van der Waals surface area contributed by atoms with Crippen molar-refractivity contribution in [2.75, 3.05) is 6.61 Å². The Hall–Kier alpha value is -2.48. The van der Waals surface area contributed by atoms with Gasteiger partial charge in [0.05, 0.1) is 17.6 Å². The number of carbonyl (C=O) groups excluding carboxylic acids is 2. The molecule has 1 aromatic carbocycles. The maximum atomic E-state index is 13.0. The maximum Gasteiger partial charge on any atom is 0.341 e. The van der Waals surface area contributed by atoms with Gasteiger partial charge in [-0.3, -0.25) is 14.9 Å². The van der Waals surface area contributed by atoms with E-state index in [1.807, 2.05) is 0 Å². The van der Waals surface area contributed by atoms with Crippen LogP contribution in [0, 0.1) is 22.0 Å². The van der Waals surface area contributed by atoms with E-state index in [9.17, 15) is 19.7 Å². The van der Waals surface area contributed by atoms with E-state index >= 15 is 0 Å². The molecule has 3 rings (SSSR count). The highest BCUT2D eigenvalue weighted by molar-refractivity contribution is 6.32. The van der Waals surface area contributed by atoms with E-state index in [4.69, 9.17) is 16.3 Å². The van der Waals surface area contributed by atoms with Crippen LogP contribution in [0.2, 0.25) is 5.02 Å². The van der Waals surface area contributed by atoms with Crippen LogP contribution in [0.5, 0.6) is 0 Å². The summed E-state index contributed by atoms with van der Waals surface area (Å²) in [6, 6.07) is 2.86. The third-order valence-corrected chi connectivity index (χ3v) is 5.86. The lowest BCUT2D eigenvalue weighted by Crippen LogP contribution is -2.45. The highest BCUT2D eigenvalue weighted by Gasteiger charge is 2.40. The topological polar surface area (TPSA) is 111 Å². The minimum Gasteiger partial charge on any atom is -0.465 e. The van der Waals surface area contributed by atoms with Gasteiger partial charge >= 0.3 is 12.0 Å². The van der Waals surface area contributed by atoms with Gasteiger partial charge in [-0.15, -0.1) is 0 Å². The monoisotopic (exact) mass is 421 g/mol. The van der Waals surface area contributed by atoms with Crippen LogP contribution in [-0.4, -0.2) is 29.2 Å². The molecule has 156 valence electrons. The summed E-state index contributed by atoms with van der Waals surface area (Å²) in [4.78, 5) is 39.6. The Morgan fingerprint density at radius 3 is 2.72 bits per heavy atom. The Morgan fingerprint density at radius 1 is 1.34 bits per heavy atom. The van der Waals surface area contributed by atoms with Gasteiger partial charge in [0.25, 0.3) is 5.69 Å². The summed E-state index contributed by atoms with van der Waals surface area (Å²) in [5.41, 5.74) is 0.535. The van der Waals surface area contributed by atoms with Gasteiger partial charge in [0.15, 0.2) is 0 Å². The molecule has 0 aromatic heterocycles. The molecule has 2 amide bonds. The summed E-state index contributed by atoms with van der Waals surface area (Å²) in [5, 5.41) is 13.9. The summed E-state index contributed by atoms with van der Waals surface area (Å²) in [6.07, 6.45) is 5.96. The van der Waals surface area contributed by atoms with Crippen LogP contribution < -0.4 is 5.32 Å². The average molecular weight is 422 g/mol. The lowest BCUT2D eigenvalue weighted by molar-refractivity contribution is -0.384. The number of hydrogen-bond acceptors (Lipinski definition) is 5. The van der Waals surface area contributed by atoms with Gasteiger partial charge in [-0.1, -0.05) is 43.9 Å². The number of rotatable bonds is 6. The van der Waals surface area contributed by atoms with Gasteiger partial charge in [-0.2, -0.15) is 0 Å². The molecule has 8 nitrogen and oxygen atoms in total. The van der Waals surface area contributed by atoms with Crippen molar-refractivity contribution in [1.82, 2.24) is 5.32 Å². The molecule has 0 spiro atoms. The number of nitrogens with zero attached hydrogens (tertiary/aromatic N) is 2. The summed E-state index contributed by atoms with van der Waals surface area (Å²) in [7, 11) is 0. The van der Waals surface area contributed by atoms with Crippen molar-refractivity contribution in [2.24, 2.45) is 16.8 Å². The zero-order valence-electron chi connectivity index (χ0n) is 16.2. The second kappa shape index (κ2) is 9.35. The minimum absolute atomic E-state index is 0.0123. The van der Waals surface area contributed by atoms with Gasteiger partial charge < -0.3 is 10.1 Å². The predicted octanol–water partition coefficient (Wildman–Crippen LogP) is 4.60. The van der Waals surface area contributed by atoms with Gasteiger partial charge in [0.1, 0.15) is 10.9 Å². The number of nitro groups is 1. The minimum atomic E-state index is -0.831. The van der Waals surface area contributed by atoms with Gasteiger partial charge in [-0.05, 0) is 36.8 Å². The number of amides is 2. The Balaban J connectivity index is 1.86. The predicted molar refractivity (Wildman–Crippen MR) is 108 cm³/mol. The van der Waals surface area contributed by atoms with Crippen LogP contribution in [-0.2, 0) is 9.53 Å². The standard InChI is InChI=1S/C20H24ClN3O5/c1-2-15-17(19(25)29-11-12-6-4-3-5-7-12)18(23-20(26)22-15)13-8-9-14(21)16(10-13)24(27)28/h8-10,12,17-18H,2-7,11H2,1H3,(H,23,26). The van der Waals surface area contributed by atoms with Crippen molar-refractivity contribution in [3.05, 3.63) is 38.9 Å². The van der Waals surface area contributed by atoms with Gasteiger partial charge in [-0.25, -0.2) is 9.79 Å².